The fourth-order valence-corrected chi connectivity index (χ4v) is 4.29. The van der Waals surface area contributed by atoms with Gasteiger partial charge in [0, 0.05) is 31.8 Å². The van der Waals surface area contributed by atoms with Gasteiger partial charge < -0.3 is 20.1 Å². The van der Waals surface area contributed by atoms with E-state index in [1.165, 1.54) is 0 Å². The minimum absolute atomic E-state index is 0.0628. The second kappa shape index (κ2) is 6.77. The summed E-state index contributed by atoms with van der Waals surface area (Å²) in [6.07, 6.45) is 4.71. The van der Waals surface area contributed by atoms with Crippen LogP contribution in [0.5, 0.6) is 0 Å². The first-order chi connectivity index (χ1) is 13.0. The molecule has 4 rings (SSSR count). The number of nitrogens with one attached hydrogen (secondary N) is 1. The van der Waals surface area contributed by atoms with Crippen LogP contribution < -0.4 is 10.2 Å². The van der Waals surface area contributed by atoms with Gasteiger partial charge in [0.05, 0.1) is 16.7 Å². The van der Waals surface area contributed by atoms with E-state index in [-0.39, 0.29) is 11.8 Å². The molecule has 3 fully saturated rings. The normalized spacial score (nSPS) is 30.0. The molecular formula is C20H26N4O3. The number of hydrogen-bond donors (Lipinski definition) is 2. The molecule has 0 aromatic carbocycles. The van der Waals surface area contributed by atoms with Crippen molar-refractivity contribution in [2.75, 3.05) is 24.6 Å². The average Bonchev–Trinajstić information content (AvgIpc) is 3.52. The molecule has 2 saturated heterocycles. The van der Waals surface area contributed by atoms with E-state index in [4.69, 9.17) is 10.00 Å². The van der Waals surface area contributed by atoms with Crippen LogP contribution in [-0.4, -0.2) is 52.9 Å². The highest BCUT2D eigenvalue weighted by molar-refractivity contribution is 5.81. The number of aliphatic hydroxyl groups excluding tert-OH is 1. The van der Waals surface area contributed by atoms with E-state index in [2.05, 4.69) is 21.3 Å². The maximum atomic E-state index is 12.3. The lowest BCUT2D eigenvalue weighted by atomic mass is 9.73. The molecule has 27 heavy (non-hydrogen) atoms. The highest BCUT2D eigenvalue weighted by Gasteiger charge is 2.54. The van der Waals surface area contributed by atoms with Crippen molar-refractivity contribution >= 4 is 11.7 Å². The molecule has 2 aliphatic heterocycles. The van der Waals surface area contributed by atoms with Crippen molar-refractivity contribution in [2.24, 2.45) is 5.92 Å². The fraction of sp³-hybridized carbons (Fsp3) is 0.650. The van der Waals surface area contributed by atoms with Gasteiger partial charge in [-0.05, 0) is 51.2 Å². The molecule has 0 bridgehead atoms. The number of nitrogens with zero attached hydrogens (tertiary/aromatic N) is 3. The van der Waals surface area contributed by atoms with Crippen molar-refractivity contribution in [3.05, 3.63) is 23.9 Å². The van der Waals surface area contributed by atoms with E-state index in [1.807, 2.05) is 13.0 Å². The summed E-state index contributed by atoms with van der Waals surface area (Å²) in [4.78, 5) is 18.8. The molecule has 1 amide bonds. The van der Waals surface area contributed by atoms with Crippen molar-refractivity contribution < 1.29 is 14.6 Å². The second-order valence-corrected chi connectivity index (χ2v) is 8.25. The summed E-state index contributed by atoms with van der Waals surface area (Å²) in [6, 6.07) is 5.70. The quantitative estimate of drug-likeness (QED) is 0.834. The topological polar surface area (TPSA) is 98.5 Å². The lowest BCUT2D eigenvalue weighted by molar-refractivity contribution is -0.198. The molecule has 3 aliphatic rings. The zero-order valence-corrected chi connectivity index (χ0v) is 15.6. The average molecular weight is 370 g/mol. The number of aliphatic hydroxyl groups is 1. The molecule has 1 aromatic rings. The molecule has 1 aliphatic carbocycles. The van der Waals surface area contributed by atoms with Gasteiger partial charge in [-0.2, -0.15) is 5.26 Å². The van der Waals surface area contributed by atoms with Gasteiger partial charge in [-0.3, -0.25) is 4.79 Å². The van der Waals surface area contributed by atoms with Gasteiger partial charge in [0.25, 0.3) is 0 Å². The Kier molecular flexibility index (Phi) is 4.57. The number of hydrogen-bond acceptors (Lipinski definition) is 6. The Morgan fingerprint density at radius 2 is 2.11 bits per heavy atom. The number of ether oxygens (including phenoxy) is 1. The van der Waals surface area contributed by atoms with E-state index >= 15 is 0 Å². The molecule has 1 unspecified atom stereocenters. The molecule has 0 radical (unpaired) electrons. The Hall–Kier alpha value is -2.17. The molecule has 2 N–H and O–H groups in total. The van der Waals surface area contributed by atoms with Crippen molar-refractivity contribution in [1.29, 1.82) is 5.26 Å². The smallest absolute Gasteiger partial charge is 0.223 e. The van der Waals surface area contributed by atoms with Crippen LogP contribution in [0.4, 0.5) is 5.82 Å². The zero-order chi connectivity index (χ0) is 19.1. The number of carbonyl (C=O) groups excluding carboxylic acids is 1. The van der Waals surface area contributed by atoms with E-state index in [9.17, 15) is 9.90 Å². The van der Waals surface area contributed by atoms with Crippen LogP contribution in [0.25, 0.3) is 0 Å². The molecule has 1 aromatic heterocycles. The Bertz CT molecular complexity index is 747. The van der Waals surface area contributed by atoms with Crippen LogP contribution in [0.3, 0.4) is 0 Å². The van der Waals surface area contributed by atoms with Gasteiger partial charge in [0.1, 0.15) is 18.0 Å². The van der Waals surface area contributed by atoms with Gasteiger partial charge in [-0.1, -0.05) is 0 Å². The first-order valence-electron chi connectivity index (χ1n) is 9.71. The summed E-state index contributed by atoms with van der Waals surface area (Å²) in [6.45, 7) is 3.90. The van der Waals surface area contributed by atoms with Gasteiger partial charge in [0.2, 0.25) is 5.91 Å². The summed E-state index contributed by atoms with van der Waals surface area (Å²) in [5.74, 6) is 1.02. The Morgan fingerprint density at radius 3 is 2.70 bits per heavy atom. The number of nitriles is 1. The molecular weight excluding hydrogens is 344 g/mol. The fourth-order valence-electron chi connectivity index (χ4n) is 4.29. The lowest BCUT2D eigenvalue weighted by Gasteiger charge is -2.53. The van der Waals surface area contributed by atoms with Gasteiger partial charge in [-0.15, -0.1) is 0 Å². The maximum absolute atomic E-state index is 12.3. The third-order valence-corrected chi connectivity index (χ3v) is 6.28. The Labute approximate surface area is 159 Å². The molecule has 7 heteroatoms. The highest BCUT2D eigenvalue weighted by atomic mass is 16.5. The minimum Gasteiger partial charge on any atom is -0.388 e. The molecule has 3 heterocycles. The maximum Gasteiger partial charge on any atom is 0.223 e. The van der Waals surface area contributed by atoms with Crippen LogP contribution >= 0.6 is 0 Å². The van der Waals surface area contributed by atoms with E-state index in [0.29, 0.717) is 44.5 Å². The van der Waals surface area contributed by atoms with Crippen LogP contribution in [-0.2, 0) is 9.53 Å². The third-order valence-electron chi connectivity index (χ3n) is 6.28. The van der Waals surface area contributed by atoms with Crippen molar-refractivity contribution in [2.45, 2.75) is 56.3 Å². The number of anilines is 1. The molecule has 7 nitrogen and oxygen atoms in total. The number of aromatic nitrogens is 1. The monoisotopic (exact) mass is 370 g/mol. The number of amides is 1. The largest absolute Gasteiger partial charge is 0.388 e. The van der Waals surface area contributed by atoms with Crippen LogP contribution in [0, 0.1) is 17.2 Å². The molecule has 1 saturated carbocycles. The van der Waals surface area contributed by atoms with Crippen LogP contribution in [0.15, 0.2) is 18.3 Å². The van der Waals surface area contributed by atoms with E-state index in [0.717, 1.165) is 18.7 Å². The second-order valence-electron chi connectivity index (χ2n) is 8.25. The number of piperidine rings is 1. The van der Waals surface area contributed by atoms with Gasteiger partial charge in [0.15, 0.2) is 0 Å². The molecule has 1 spiro atoms. The first kappa shape index (κ1) is 18.2. The molecule has 144 valence electrons. The number of rotatable bonds is 3. The summed E-state index contributed by atoms with van der Waals surface area (Å²) in [5, 5.41) is 23.2. The minimum atomic E-state index is -0.738. The lowest BCUT2D eigenvalue weighted by Crippen LogP contribution is -2.69. The SMILES string of the molecule is C[C@@]1(NC(=O)C2CC2)CCOC2(CCN(c3ccc(C#N)cn3)CC2)C1O. The summed E-state index contributed by atoms with van der Waals surface area (Å²) < 4.78 is 6.10. The highest BCUT2D eigenvalue weighted by Crippen LogP contribution is 2.41. The Balaban J connectivity index is 1.44. The third kappa shape index (κ3) is 3.40. The van der Waals surface area contributed by atoms with Crippen molar-refractivity contribution in [1.82, 2.24) is 10.3 Å². The predicted molar refractivity (Wildman–Crippen MR) is 99.0 cm³/mol. The standard InChI is InChI=1S/C20H26N4O3/c1-19(23-17(25)15-3-4-15)8-11-27-20(18(19)26)6-9-24(10-7-20)16-5-2-14(12-21)13-22-16/h2,5,13,15,18,26H,3-4,6-11H2,1H3,(H,23,25)/t18?,19-/m1/s1. The van der Waals surface area contributed by atoms with Crippen molar-refractivity contribution in [3.8, 4) is 6.07 Å². The van der Waals surface area contributed by atoms with Gasteiger partial charge >= 0.3 is 0 Å². The first-order valence-corrected chi connectivity index (χ1v) is 9.71. The van der Waals surface area contributed by atoms with Gasteiger partial charge in [-0.25, -0.2) is 4.98 Å². The van der Waals surface area contributed by atoms with Crippen molar-refractivity contribution in [3.63, 3.8) is 0 Å². The van der Waals surface area contributed by atoms with Crippen LogP contribution in [0.1, 0.15) is 44.6 Å². The summed E-state index contributed by atoms with van der Waals surface area (Å²) in [5.41, 5.74) is -0.736. The summed E-state index contributed by atoms with van der Waals surface area (Å²) >= 11 is 0. The van der Waals surface area contributed by atoms with Crippen LogP contribution in [0.2, 0.25) is 0 Å². The predicted octanol–water partition coefficient (Wildman–Crippen LogP) is 1.36. The molecule has 2 atom stereocenters. The summed E-state index contributed by atoms with van der Waals surface area (Å²) in [7, 11) is 0. The van der Waals surface area contributed by atoms with E-state index in [1.54, 1.807) is 12.3 Å². The Morgan fingerprint density at radius 1 is 1.37 bits per heavy atom. The number of carbonyl (C=O) groups is 1. The van der Waals surface area contributed by atoms with E-state index < -0.39 is 17.2 Å². The number of pyridine rings is 1. The zero-order valence-electron chi connectivity index (χ0n) is 15.6.